The van der Waals surface area contributed by atoms with Gasteiger partial charge in [-0.2, -0.15) is 10.4 Å². The molecule has 0 aliphatic carbocycles. The number of benzene rings is 1. The number of nitriles is 1. The van der Waals surface area contributed by atoms with Gasteiger partial charge in [0.15, 0.2) is 0 Å². The SMILES string of the molecule is N#CC(=Cc1ccc(Cl)cc1Cl)n1cncn1. The van der Waals surface area contributed by atoms with Crippen LogP contribution in [0.5, 0.6) is 0 Å². The van der Waals surface area contributed by atoms with Crippen molar-refractivity contribution in [1.29, 1.82) is 5.26 Å². The van der Waals surface area contributed by atoms with Crippen LogP contribution in [-0.2, 0) is 0 Å². The smallest absolute Gasteiger partial charge is 0.144 e. The lowest BCUT2D eigenvalue weighted by molar-refractivity contribution is 0.914. The van der Waals surface area contributed by atoms with Gasteiger partial charge in [0.2, 0.25) is 0 Å². The molecule has 0 unspecified atom stereocenters. The van der Waals surface area contributed by atoms with E-state index in [0.717, 1.165) is 0 Å². The number of aromatic nitrogens is 3. The fourth-order valence-corrected chi connectivity index (χ4v) is 1.71. The van der Waals surface area contributed by atoms with Gasteiger partial charge in [-0.1, -0.05) is 29.3 Å². The molecule has 0 bridgehead atoms. The molecule has 4 nitrogen and oxygen atoms in total. The van der Waals surface area contributed by atoms with Gasteiger partial charge < -0.3 is 0 Å². The van der Waals surface area contributed by atoms with Gasteiger partial charge in [0.05, 0.1) is 0 Å². The molecule has 0 saturated heterocycles. The Morgan fingerprint density at radius 2 is 2.24 bits per heavy atom. The third kappa shape index (κ3) is 2.64. The first-order valence-electron chi connectivity index (χ1n) is 4.62. The van der Waals surface area contributed by atoms with Gasteiger partial charge in [0.1, 0.15) is 24.4 Å². The zero-order valence-corrected chi connectivity index (χ0v) is 10.0. The van der Waals surface area contributed by atoms with Gasteiger partial charge >= 0.3 is 0 Å². The molecule has 0 radical (unpaired) electrons. The molecule has 1 aromatic carbocycles. The highest BCUT2D eigenvalue weighted by atomic mass is 35.5. The van der Waals surface area contributed by atoms with Crippen molar-refractivity contribution in [1.82, 2.24) is 14.8 Å². The average molecular weight is 265 g/mol. The van der Waals surface area contributed by atoms with Gasteiger partial charge in [0, 0.05) is 10.0 Å². The molecule has 1 aromatic heterocycles. The molecule has 2 rings (SSSR count). The summed E-state index contributed by atoms with van der Waals surface area (Å²) in [7, 11) is 0. The first-order chi connectivity index (χ1) is 8.20. The van der Waals surface area contributed by atoms with Crippen LogP contribution in [0.1, 0.15) is 5.56 Å². The lowest BCUT2D eigenvalue weighted by atomic mass is 10.2. The topological polar surface area (TPSA) is 54.5 Å². The molecular formula is C11H6Cl2N4. The van der Waals surface area contributed by atoms with E-state index in [0.29, 0.717) is 21.3 Å². The molecule has 0 amide bonds. The summed E-state index contributed by atoms with van der Waals surface area (Å²) < 4.78 is 1.37. The van der Waals surface area contributed by atoms with Crippen LogP contribution >= 0.6 is 23.2 Å². The Labute approximate surface area is 108 Å². The van der Waals surface area contributed by atoms with Crippen LogP contribution in [0, 0.1) is 11.3 Å². The maximum absolute atomic E-state index is 9.03. The van der Waals surface area contributed by atoms with E-state index in [2.05, 4.69) is 10.1 Å². The van der Waals surface area contributed by atoms with Crippen LogP contribution in [0.25, 0.3) is 11.8 Å². The molecule has 0 aliphatic rings. The lowest BCUT2D eigenvalue weighted by Crippen LogP contribution is -1.95. The maximum Gasteiger partial charge on any atom is 0.144 e. The Hall–Kier alpha value is -1.83. The van der Waals surface area contributed by atoms with Crippen molar-refractivity contribution >= 4 is 35.0 Å². The zero-order valence-electron chi connectivity index (χ0n) is 8.51. The van der Waals surface area contributed by atoms with E-state index >= 15 is 0 Å². The number of nitrogens with zero attached hydrogens (tertiary/aromatic N) is 4. The minimum Gasteiger partial charge on any atom is -0.223 e. The molecule has 0 saturated carbocycles. The van der Waals surface area contributed by atoms with Gasteiger partial charge in [-0.25, -0.2) is 9.67 Å². The van der Waals surface area contributed by atoms with Crippen molar-refractivity contribution in [2.24, 2.45) is 0 Å². The van der Waals surface area contributed by atoms with Gasteiger partial charge in [-0.3, -0.25) is 0 Å². The monoisotopic (exact) mass is 264 g/mol. The number of hydrogen-bond donors (Lipinski definition) is 0. The summed E-state index contributed by atoms with van der Waals surface area (Å²) in [5.74, 6) is 0. The van der Waals surface area contributed by atoms with Crippen LogP contribution in [0.2, 0.25) is 10.0 Å². The molecule has 0 N–H and O–H groups in total. The Morgan fingerprint density at radius 1 is 1.41 bits per heavy atom. The lowest BCUT2D eigenvalue weighted by Gasteiger charge is -2.01. The van der Waals surface area contributed by atoms with Crippen molar-refractivity contribution in [2.75, 3.05) is 0 Å². The summed E-state index contributed by atoms with van der Waals surface area (Å²) in [6.45, 7) is 0. The molecule has 0 aliphatic heterocycles. The molecule has 17 heavy (non-hydrogen) atoms. The summed E-state index contributed by atoms with van der Waals surface area (Å²) in [4.78, 5) is 3.78. The van der Waals surface area contributed by atoms with E-state index in [1.165, 1.54) is 17.3 Å². The maximum atomic E-state index is 9.03. The number of allylic oxidation sites excluding steroid dienone is 1. The van der Waals surface area contributed by atoms with E-state index < -0.39 is 0 Å². The summed E-state index contributed by atoms with van der Waals surface area (Å²) in [5.41, 5.74) is 1.02. The second-order valence-corrected chi connectivity index (χ2v) is 3.99. The van der Waals surface area contributed by atoms with E-state index in [9.17, 15) is 0 Å². The van der Waals surface area contributed by atoms with Crippen molar-refractivity contribution in [3.63, 3.8) is 0 Å². The molecule has 0 fully saturated rings. The fourth-order valence-electron chi connectivity index (χ4n) is 1.25. The Bertz CT molecular complexity index is 596. The minimum absolute atomic E-state index is 0.326. The highest BCUT2D eigenvalue weighted by molar-refractivity contribution is 6.35. The van der Waals surface area contributed by atoms with E-state index in [4.69, 9.17) is 28.5 Å². The third-order valence-electron chi connectivity index (χ3n) is 2.03. The molecule has 2 aromatic rings. The molecular weight excluding hydrogens is 259 g/mol. The third-order valence-corrected chi connectivity index (χ3v) is 2.60. The highest BCUT2D eigenvalue weighted by Crippen LogP contribution is 2.23. The summed E-state index contributed by atoms with van der Waals surface area (Å²) in [6.07, 6.45) is 4.42. The predicted octanol–water partition coefficient (Wildman–Crippen LogP) is 3.11. The number of hydrogen-bond acceptors (Lipinski definition) is 3. The second kappa shape index (κ2) is 5.00. The zero-order chi connectivity index (χ0) is 12.3. The van der Waals surface area contributed by atoms with Gasteiger partial charge in [-0.15, -0.1) is 0 Å². The molecule has 6 heteroatoms. The van der Waals surface area contributed by atoms with Crippen molar-refractivity contribution in [2.45, 2.75) is 0 Å². The number of rotatable bonds is 2. The van der Waals surface area contributed by atoms with E-state index in [1.807, 2.05) is 6.07 Å². The van der Waals surface area contributed by atoms with Crippen LogP contribution in [-0.4, -0.2) is 14.8 Å². The predicted molar refractivity (Wildman–Crippen MR) is 66.3 cm³/mol. The molecule has 0 atom stereocenters. The molecule has 0 spiro atoms. The summed E-state index contributed by atoms with van der Waals surface area (Å²) >= 11 is 11.8. The normalized spacial score (nSPS) is 11.2. The van der Waals surface area contributed by atoms with Crippen molar-refractivity contribution in [3.05, 3.63) is 46.5 Å². The average Bonchev–Trinajstić information content (AvgIpc) is 2.81. The summed E-state index contributed by atoms with van der Waals surface area (Å²) in [6, 6.07) is 7.08. The Balaban J connectivity index is 2.44. The molecule has 84 valence electrons. The standard InChI is InChI=1S/C11H6Cl2N4/c12-9-2-1-8(11(13)4-9)3-10(5-14)17-7-15-6-16-17/h1-4,6-7H. The Morgan fingerprint density at radius 3 is 2.82 bits per heavy atom. The quantitative estimate of drug-likeness (QED) is 0.784. The van der Waals surface area contributed by atoms with Crippen molar-refractivity contribution in [3.8, 4) is 6.07 Å². The van der Waals surface area contributed by atoms with Gasteiger partial charge in [0.25, 0.3) is 0 Å². The van der Waals surface area contributed by atoms with Gasteiger partial charge in [-0.05, 0) is 23.8 Å². The summed E-state index contributed by atoms with van der Waals surface area (Å²) in [5, 5.41) is 13.9. The molecule has 1 heterocycles. The minimum atomic E-state index is 0.326. The fraction of sp³-hybridized carbons (Fsp3) is 0. The Kier molecular flexibility index (Phi) is 3.43. The van der Waals surface area contributed by atoms with Crippen LogP contribution < -0.4 is 0 Å². The van der Waals surface area contributed by atoms with E-state index in [1.54, 1.807) is 24.3 Å². The second-order valence-electron chi connectivity index (χ2n) is 3.15. The number of halogens is 2. The largest absolute Gasteiger partial charge is 0.223 e. The highest BCUT2D eigenvalue weighted by Gasteiger charge is 2.03. The van der Waals surface area contributed by atoms with Crippen LogP contribution in [0.3, 0.4) is 0 Å². The van der Waals surface area contributed by atoms with Crippen LogP contribution in [0.15, 0.2) is 30.9 Å². The first-order valence-corrected chi connectivity index (χ1v) is 5.38. The van der Waals surface area contributed by atoms with Crippen molar-refractivity contribution < 1.29 is 0 Å². The first kappa shape index (κ1) is 11.6. The van der Waals surface area contributed by atoms with Crippen LogP contribution in [0.4, 0.5) is 0 Å². The van der Waals surface area contributed by atoms with E-state index in [-0.39, 0.29) is 0 Å².